The van der Waals surface area contributed by atoms with E-state index in [0.717, 1.165) is 74.9 Å². The van der Waals surface area contributed by atoms with Crippen LogP contribution in [-0.4, -0.2) is 67.6 Å². The van der Waals surface area contributed by atoms with Gasteiger partial charge >= 0.3 is 0 Å². The van der Waals surface area contributed by atoms with Crippen molar-refractivity contribution < 1.29 is 9.47 Å². The molecule has 0 saturated carbocycles. The monoisotopic (exact) mass is 483 g/mol. The molecule has 9 heteroatoms. The van der Waals surface area contributed by atoms with Crippen LogP contribution in [0.2, 0.25) is 0 Å². The van der Waals surface area contributed by atoms with Gasteiger partial charge in [0.05, 0.1) is 31.9 Å². The van der Waals surface area contributed by atoms with Crippen LogP contribution in [0.25, 0.3) is 10.9 Å². The van der Waals surface area contributed by atoms with Crippen LogP contribution in [0.15, 0.2) is 67.0 Å². The van der Waals surface area contributed by atoms with Crippen molar-refractivity contribution >= 4 is 45.4 Å². The highest BCUT2D eigenvalue weighted by molar-refractivity contribution is 5.92. The predicted octanol–water partition coefficient (Wildman–Crippen LogP) is 4.19. The molecule has 2 aliphatic heterocycles. The van der Waals surface area contributed by atoms with Crippen molar-refractivity contribution in [3.05, 3.63) is 67.0 Å². The molecule has 2 fully saturated rings. The van der Waals surface area contributed by atoms with Crippen LogP contribution in [0.5, 0.6) is 0 Å². The number of benzene rings is 2. The zero-order valence-electron chi connectivity index (χ0n) is 20.1. The number of ether oxygens (including phenoxy) is 2. The van der Waals surface area contributed by atoms with Crippen molar-refractivity contribution in [3.8, 4) is 0 Å². The number of hydrogen-bond acceptors (Lipinski definition) is 9. The Balaban J connectivity index is 1.27. The molecule has 184 valence electrons. The average molecular weight is 484 g/mol. The van der Waals surface area contributed by atoms with Gasteiger partial charge in [-0.3, -0.25) is 4.98 Å². The van der Waals surface area contributed by atoms with E-state index in [1.165, 1.54) is 11.4 Å². The second-order valence-electron chi connectivity index (χ2n) is 8.83. The van der Waals surface area contributed by atoms with Crippen LogP contribution >= 0.6 is 0 Å². The highest BCUT2D eigenvalue weighted by Gasteiger charge is 2.17. The van der Waals surface area contributed by atoms with E-state index in [4.69, 9.17) is 14.5 Å². The van der Waals surface area contributed by atoms with Gasteiger partial charge in [-0.2, -0.15) is 4.98 Å². The highest BCUT2D eigenvalue weighted by atomic mass is 16.5. The Morgan fingerprint density at radius 1 is 0.694 bits per heavy atom. The zero-order valence-corrected chi connectivity index (χ0v) is 20.1. The smallest absolute Gasteiger partial charge is 0.229 e. The molecule has 6 rings (SSSR count). The molecule has 0 bridgehead atoms. The van der Waals surface area contributed by atoms with Gasteiger partial charge in [0, 0.05) is 66.7 Å². The Hall–Kier alpha value is -3.95. The standard InChI is InChI=1S/C27H29N7O2/c1-4-24-23(3-2-7-28-24)25(5-1)31-26-6-8-29-27(32-26)30-20-17-21(33-9-13-35-14-10-33)19-22(18-20)34-11-15-36-16-12-34/h1-8,17-19H,9-16H2,(H2,29,30,31,32). The topological polar surface area (TPSA) is 87.7 Å². The molecule has 36 heavy (non-hydrogen) atoms. The maximum atomic E-state index is 5.57. The van der Waals surface area contributed by atoms with Crippen LogP contribution in [0, 0.1) is 0 Å². The van der Waals surface area contributed by atoms with E-state index in [1.807, 2.05) is 30.3 Å². The second kappa shape index (κ2) is 10.3. The Labute approximate surface area is 210 Å². The molecule has 9 nitrogen and oxygen atoms in total. The van der Waals surface area contributed by atoms with E-state index in [9.17, 15) is 0 Å². The first-order valence-electron chi connectivity index (χ1n) is 12.3. The molecule has 2 aromatic heterocycles. The lowest BCUT2D eigenvalue weighted by molar-refractivity contribution is 0.122. The molecule has 0 radical (unpaired) electrons. The predicted molar refractivity (Wildman–Crippen MR) is 143 cm³/mol. The summed E-state index contributed by atoms with van der Waals surface area (Å²) in [6, 6.07) is 18.5. The van der Waals surface area contributed by atoms with Crippen molar-refractivity contribution in [2.75, 3.05) is 73.0 Å². The number of nitrogens with one attached hydrogen (secondary N) is 2. The van der Waals surface area contributed by atoms with Crippen molar-refractivity contribution in [1.29, 1.82) is 0 Å². The number of hydrogen-bond donors (Lipinski definition) is 2. The Morgan fingerprint density at radius 2 is 1.42 bits per heavy atom. The minimum atomic E-state index is 0.533. The van der Waals surface area contributed by atoms with E-state index in [2.05, 4.69) is 54.7 Å². The molecule has 4 heterocycles. The quantitative estimate of drug-likeness (QED) is 0.419. The van der Waals surface area contributed by atoms with Crippen molar-refractivity contribution in [3.63, 3.8) is 0 Å². The Morgan fingerprint density at radius 3 is 2.14 bits per heavy atom. The van der Waals surface area contributed by atoms with Gasteiger partial charge in [0.2, 0.25) is 5.95 Å². The first-order chi connectivity index (χ1) is 17.8. The average Bonchev–Trinajstić information content (AvgIpc) is 2.94. The lowest BCUT2D eigenvalue weighted by Gasteiger charge is -2.33. The van der Waals surface area contributed by atoms with Gasteiger partial charge in [0.1, 0.15) is 5.82 Å². The largest absolute Gasteiger partial charge is 0.378 e. The fraction of sp³-hybridized carbons (Fsp3) is 0.296. The van der Waals surface area contributed by atoms with Gasteiger partial charge in [-0.15, -0.1) is 0 Å². The lowest BCUT2D eigenvalue weighted by atomic mass is 10.2. The molecule has 0 aliphatic carbocycles. The highest BCUT2D eigenvalue weighted by Crippen LogP contribution is 2.31. The van der Waals surface area contributed by atoms with Crippen LogP contribution in [0.3, 0.4) is 0 Å². The summed E-state index contributed by atoms with van der Waals surface area (Å²) in [6.07, 6.45) is 3.56. The fourth-order valence-electron chi connectivity index (χ4n) is 4.64. The van der Waals surface area contributed by atoms with Gasteiger partial charge in [-0.25, -0.2) is 4.98 Å². The molecule has 2 aromatic carbocycles. The minimum Gasteiger partial charge on any atom is -0.378 e. The van der Waals surface area contributed by atoms with Gasteiger partial charge in [-0.05, 0) is 48.5 Å². The second-order valence-corrected chi connectivity index (χ2v) is 8.83. The molecule has 2 saturated heterocycles. The maximum Gasteiger partial charge on any atom is 0.229 e. The zero-order chi connectivity index (χ0) is 24.2. The number of morpholine rings is 2. The summed E-state index contributed by atoms with van der Waals surface area (Å²) in [5.41, 5.74) is 5.18. The molecule has 0 amide bonds. The molecule has 0 unspecified atom stereocenters. The SMILES string of the molecule is c1cc(Nc2ccnc(Nc3cc(N4CCOCC4)cc(N4CCOCC4)c3)n2)c2cccnc2c1. The fourth-order valence-corrected chi connectivity index (χ4v) is 4.64. The van der Waals surface area contributed by atoms with Gasteiger partial charge in [0.15, 0.2) is 0 Å². The molecular weight excluding hydrogens is 454 g/mol. The summed E-state index contributed by atoms with van der Waals surface area (Å²) in [6.45, 7) is 6.47. The van der Waals surface area contributed by atoms with Gasteiger partial charge in [0.25, 0.3) is 0 Å². The number of nitrogens with zero attached hydrogens (tertiary/aromatic N) is 5. The summed E-state index contributed by atoms with van der Waals surface area (Å²) in [7, 11) is 0. The van der Waals surface area contributed by atoms with E-state index in [-0.39, 0.29) is 0 Å². The van der Waals surface area contributed by atoms with Gasteiger partial charge in [-0.1, -0.05) is 6.07 Å². The lowest BCUT2D eigenvalue weighted by Crippen LogP contribution is -2.38. The number of fused-ring (bicyclic) bond motifs is 1. The first kappa shape index (κ1) is 22.5. The third-order valence-corrected chi connectivity index (χ3v) is 6.48. The molecule has 0 spiro atoms. The van der Waals surface area contributed by atoms with E-state index < -0.39 is 0 Å². The van der Waals surface area contributed by atoms with Crippen molar-refractivity contribution in [1.82, 2.24) is 15.0 Å². The normalized spacial score (nSPS) is 16.2. The third-order valence-electron chi connectivity index (χ3n) is 6.48. The van der Waals surface area contributed by atoms with E-state index in [0.29, 0.717) is 11.8 Å². The number of rotatable bonds is 6. The van der Waals surface area contributed by atoms with Crippen molar-refractivity contribution in [2.45, 2.75) is 0 Å². The van der Waals surface area contributed by atoms with Crippen LogP contribution in [-0.2, 0) is 9.47 Å². The van der Waals surface area contributed by atoms with Crippen LogP contribution in [0.4, 0.5) is 34.5 Å². The summed E-state index contributed by atoms with van der Waals surface area (Å²) in [5, 5.41) is 7.90. The van der Waals surface area contributed by atoms with Gasteiger partial charge < -0.3 is 29.9 Å². The molecule has 2 N–H and O–H groups in total. The van der Waals surface area contributed by atoms with Crippen LogP contribution in [0.1, 0.15) is 0 Å². The third kappa shape index (κ3) is 5.02. The first-order valence-corrected chi connectivity index (χ1v) is 12.3. The number of pyridine rings is 1. The van der Waals surface area contributed by atoms with E-state index in [1.54, 1.807) is 12.4 Å². The van der Waals surface area contributed by atoms with E-state index >= 15 is 0 Å². The maximum absolute atomic E-state index is 5.57. The van der Waals surface area contributed by atoms with Crippen LogP contribution < -0.4 is 20.4 Å². The summed E-state index contributed by atoms with van der Waals surface area (Å²) in [5.74, 6) is 1.24. The summed E-state index contributed by atoms with van der Waals surface area (Å²) >= 11 is 0. The minimum absolute atomic E-state index is 0.533. The molecule has 0 atom stereocenters. The molecule has 4 aromatic rings. The van der Waals surface area contributed by atoms with Crippen molar-refractivity contribution in [2.24, 2.45) is 0 Å². The Bertz CT molecular complexity index is 1300. The molecular formula is C27H29N7O2. The summed E-state index contributed by atoms with van der Waals surface area (Å²) < 4.78 is 11.1. The Kier molecular flexibility index (Phi) is 6.47. The summed E-state index contributed by atoms with van der Waals surface area (Å²) in [4.78, 5) is 18.4. The number of anilines is 6. The number of aromatic nitrogens is 3. The molecule has 2 aliphatic rings.